The Kier molecular flexibility index (Phi) is 6.65. The van der Waals surface area contributed by atoms with E-state index in [1.54, 1.807) is 48.5 Å². The number of carbonyl (C=O) groups excluding carboxylic acids is 2. The number of benzene rings is 4. The first-order valence-corrected chi connectivity index (χ1v) is 11.9. The van der Waals surface area contributed by atoms with Gasteiger partial charge in [0.15, 0.2) is 11.6 Å². The minimum Gasteiger partial charge on any atom is -0.497 e. The van der Waals surface area contributed by atoms with Crippen molar-refractivity contribution in [3.63, 3.8) is 0 Å². The van der Waals surface area contributed by atoms with Crippen LogP contribution in [0, 0.1) is 11.6 Å². The van der Waals surface area contributed by atoms with Gasteiger partial charge in [-0.3, -0.25) is 4.79 Å². The number of amides is 1. The fourth-order valence-electron chi connectivity index (χ4n) is 4.81. The fraction of sp³-hybridized carbons (Fsp3) is 0.133. The Labute approximate surface area is 218 Å². The monoisotopic (exact) mass is 514 g/mol. The molecule has 1 heterocycles. The maximum absolute atomic E-state index is 14.7. The van der Waals surface area contributed by atoms with E-state index in [0.717, 1.165) is 11.6 Å². The lowest BCUT2D eigenvalue weighted by Crippen LogP contribution is -2.37. The lowest BCUT2D eigenvalue weighted by atomic mass is 9.70. The normalized spacial score (nSPS) is 16.9. The van der Waals surface area contributed by atoms with Crippen molar-refractivity contribution in [1.29, 1.82) is 0 Å². The van der Waals surface area contributed by atoms with Crippen LogP contribution in [-0.2, 0) is 21.4 Å². The molecule has 0 fully saturated rings. The number of anilines is 1. The highest BCUT2D eigenvalue weighted by atomic mass is 19.2. The van der Waals surface area contributed by atoms with Crippen molar-refractivity contribution in [3.8, 4) is 11.5 Å². The molecule has 192 valence electrons. The first-order chi connectivity index (χ1) is 18.3. The third-order valence-corrected chi connectivity index (χ3v) is 6.71. The second-order valence-corrected chi connectivity index (χ2v) is 8.96. The molecule has 0 aliphatic carbocycles. The summed E-state index contributed by atoms with van der Waals surface area (Å²) in [4.78, 5) is 26.2. The molecule has 4 aromatic carbocycles. The molecule has 2 atom stereocenters. The Morgan fingerprint density at radius 2 is 1.50 bits per heavy atom. The second kappa shape index (κ2) is 10.1. The Morgan fingerprint density at radius 1 is 0.895 bits per heavy atom. The number of esters is 1. The molecule has 38 heavy (non-hydrogen) atoms. The topological polar surface area (TPSA) is 90.7 Å². The van der Waals surface area contributed by atoms with E-state index >= 15 is 0 Å². The number of hydrogen-bond donors (Lipinski definition) is 2. The Hall–Kier alpha value is -4.56. The average Bonchev–Trinajstić information content (AvgIpc) is 3.24. The zero-order valence-corrected chi connectivity index (χ0v) is 20.4. The molecule has 0 spiro atoms. The Balaban J connectivity index is 1.50. The number of nitrogens with two attached hydrogens (primary N) is 1. The van der Waals surface area contributed by atoms with Crippen LogP contribution in [0.1, 0.15) is 22.3 Å². The van der Waals surface area contributed by atoms with Gasteiger partial charge in [-0.25, -0.2) is 13.6 Å². The van der Waals surface area contributed by atoms with Gasteiger partial charge >= 0.3 is 5.97 Å². The van der Waals surface area contributed by atoms with Gasteiger partial charge < -0.3 is 20.5 Å². The molecule has 0 aromatic heterocycles. The van der Waals surface area contributed by atoms with Crippen molar-refractivity contribution in [1.82, 2.24) is 0 Å². The van der Waals surface area contributed by atoms with Gasteiger partial charge in [-0.15, -0.1) is 0 Å². The van der Waals surface area contributed by atoms with E-state index in [4.69, 9.17) is 15.2 Å². The number of hydrogen-bond acceptors (Lipinski definition) is 5. The molecule has 2 unspecified atom stereocenters. The largest absolute Gasteiger partial charge is 0.497 e. The van der Waals surface area contributed by atoms with Crippen molar-refractivity contribution < 1.29 is 27.8 Å². The van der Waals surface area contributed by atoms with Gasteiger partial charge in [-0.2, -0.15) is 0 Å². The molecule has 4 aromatic rings. The maximum atomic E-state index is 14.7. The van der Waals surface area contributed by atoms with Gasteiger partial charge in [0.25, 0.3) is 0 Å². The SMILES string of the molecule is COc1ccc(C2(c3ccc(OC(=O)C(N)Cc4ccccc4)cc3)C(=O)Nc3c2ccc(F)c3F)cc1. The van der Waals surface area contributed by atoms with Crippen LogP contribution in [0.5, 0.6) is 11.5 Å². The number of carbonyl (C=O) groups is 2. The number of fused-ring (bicyclic) bond motifs is 1. The highest BCUT2D eigenvalue weighted by molar-refractivity contribution is 6.11. The van der Waals surface area contributed by atoms with Gasteiger partial charge in [0.2, 0.25) is 5.91 Å². The van der Waals surface area contributed by atoms with E-state index in [9.17, 15) is 18.4 Å². The number of halogens is 2. The van der Waals surface area contributed by atoms with Gasteiger partial charge in [0.1, 0.15) is 23.0 Å². The summed E-state index contributed by atoms with van der Waals surface area (Å²) < 4.78 is 39.5. The Morgan fingerprint density at radius 3 is 2.11 bits per heavy atom. The quantitative estimate of drug-likeness (QED) is 0.275. The fourth-order valence-corrected chi connectivity index (χ4v) is 4.81. The van der Waals surface area contributed by atoms with E-state index in [0.29, 0.717) is 23.3 Å². The van der Waals surface area contributed by atoms with Crippen LogP contribution < -0.4 is 20.5 Å². The summed E-state index contributed by atoms with van der Waals surface area (Å²) in [5.41, 5.74) is 6.51. The molecule has 0 radical (unpaired) electrons. The molecule has 1 aliphatic heterocycles. The van der Waals surface area contributed by atoms with E-state index in [-0.39, 0.29) is 17.0 Å². The van der Waals surface area contributed by atoms with Crippen LogP contribution in [0.15, 0.2) is 91.0 Å². The highest BCUT2D eigenvalue weighted by Gasteiger charge is 2.51. The first kappa shape index (κ1) is 25.1. The van der Waals surface area contributed by atoms with Gasteiger partial charge in [-0.1, -0.05) is 60.7 Å². The first-order valence-electron chi connectivity index (χ1n) is 11.9. The number of nitrogens with one attached hydrogen (secondary N) is 1. The molecule has 0 saturated carbocycles. The molecule has 1 aliphatic rings. The number of rotatable bonds is 7. The molecule has 0 bridgehead atoms. The summed E-state index contributed by atoms with van der Waals surface area (Å²) in [6.45, 7) is 0. The van der Waals surface area contributed by atoms with Crippen molar-refractivity contribution in [2.24, 2.45) is 5.73 Å². The molecule has 1 amide bonds. The summed E-state index contributed by atoms with van der Waals surface area (Å²) in [6, 6.07) is 24.0. The van der Waals surface area contributed by atoms with Crippen molar-refractivity contribution in [3.05, 3.63) is 125 Å². The molecule has 3 N–H and O–H groups in total. The second-order valence-electron chi connectivity index (χ2n) is 8.96. The van der Waals surface area contributed by atoms with E-state index < -0.39 is 35.0 Å². The predicted molar refractivity (Wildman–Crippen MR) is 138 cm³/mol. The summed E-state index contributed by atoms with van der Waals surface area (Å²) >= 11 is 0. The summed E-state index contributed by atoms with van der Waals surface area (Å²) in [7, 11) is 1.52. The molecular weight excluding hydrogens is 490 g/mol. The zero-order valence-electron chi connectivity index (χ0n) is 20.4. The average molecular weight is 515 g/mol. The molecule has 5 rings (SSSR count). The highest BCUT2D eigenvalue weighted by Crippen LogP contribution is 2.49. The standard InChI is InChI=1S/C30H24F2N2O4/c1-37-21-11-7-19(8-12-21)30(23-15-16-24(31)26(32)27(23)34-29(30)36)20-9-13-22(14-10-20)38-28(35)25(33)17-18-5-3-2-4-6-18/h2-16,25H,17,33H2,1H3,(H,34,36). The molecule has 0 saturated heterocycles. The minimum atomic E-state index is -1.48. The van der Waals surface area contributed by atoms with Crippen LogP contribution in [-0.4, -0.2) is 25.0 Å². The molecule has 6 nitrogen and oxygen atoms in total. The summed E-state index contributed by atoms with van der Waals surface area (Å²) in [5, 5.41) is 2.52. The minimum absolute atomic E-state index is 0.215. The van der Waals surface area contributed by atoms with Gasteiger partial charge in [0.05, 0.1) is 12.8 Å². The van der Waals surface area contributed by atoms with Crippen molar-refractivity contribution >= 4 is 17.6 Å². The van der Waals surface area contributed by atoms with E-state index in [1.165, 1.54) is 13.2 Å². The van der Waals surface area contributed by atoms with Crippen LogP contribution in [0.25, 0.3) is 0 Å². The van der Waals surface area contributed by atoms with Crippen LogP contribution >= 0.6 is 0 Å². The lowest BCUT2D eigenvalue weighted by molar-refractivity contribution is -0.135. The summed E-state index contributed by atoms with van der Waals surface area (Å²) in [6.07, 6.45) is 0.317. The lowest BCUT2D eigenvalue weighted by Gasteiger charge is -2.29. The van der Waals surface area contributed by atoms with Crippen molar-refractivity contribution in [2.45, 2.75) is 17.9 Å². The van der Waals surface area contributed by atoms with Crippen molar-refractivity contribution in [2.75, 3.05) is 12.4 Å². The number of methoxy groups -OCH3 is 1. The smallest absolute Gasteiger partial charge is 0.328 e. The molecular formula is C30H24F2N2O4. The van der Waals surface area contributed by atoms with Crippen LogP contribution in [0.2, 0.25) is 0 Å². The number of ether oxygens (including phenoxy) is 2. The van der Waals surface area contributed by atoms with E-state index in [2.05, 4.69) is 5.32 Å². The zero-order chi connectivity index (χ0) is 26.9. The van der Waals surface area contributed by atoms with Gasteiger partial charge in [-0.05, 0) is 53.4 Å². The third-order valence-electron chi connectivity index (χ3n) is 6.71. The van der Waals surface area contributed by atoms with Crippen LogP contribution in [0.3, 0.4) is 0 Å². The maximum Gasteiger partial charge on any atom is 0.328 e. The summed E-state index contributed by atoms with van der Waals surface area (Å²) in [5.74, 6) is -2.55. The third kappa shape index (κ3) is 4.29. The Bertz CT molecular complexity index is 1490. The molecule has 8 heteroatoms. The predicted octanol–water partition coefficient (Wildman–Crippen LogP) is 4.74. The van der Waals surface area contributed by atoms with E-state index in [1.807, 2.05) is 30.3 Å². The van der Waals surface area contributed by atoms with Gasteiger partial charge in [0, 0.05) is 5.56 Å². The van der Waals surface area contributed by atoms with Crippen LogP contribution in [0.4, 0.5) is 14.5 Å².